The third-order valence-electron chi connectivity index (χ3n) is 3.53. The molecule has 0 fully saturated rings. The second kappa shape index (κ2) is 7.19. The Balaban J connectivity index is 1.73. The van der Waals surface area contributed by atoms with Gasteiger partial charge in [-0.3, -0.25) is 4.79 Å². The van der Waals surface area contributed by atoms with Crippen LogP contribution in [-0.4, -0.2) is 16.1 Å². The van der Waals surface area contributed by atoms with E-state index in [1.807, 2.05) is 42.5 Å². The molecular formula is C19H15NO3S. The number of benzene rings is 2. The summed E-state index contributed by atoms with van der Waals surface area (Å²) < 4.78 is 0. The van der Waals surface area contributed by atoms with Crippen molar-refractivity contribution in [2.45, 2.75) is 16.2 Å². The molecule has 24 heavy (non-hydrogen) atoms. The number of rotatable bonds is 5. The molecule has 0 radical (unpaired) electrons. The van der Waals surface area contributed by atoms with Crippen molar-refractivity contribution < 1.29 is 9.90 Å². The quantitative estimate of drug-likeness (QED) is 0.742. The number of hydrogen-bond acceptors (Lipinski definition) is 3. The Hall–Kier alpha value is -2.79. The van der Waals surface area contributed by atoms with Gasteiger partial charge in [-0.1, -0.05) is 36.0 Å². The lowest BCUT2D eigenvalue weighted by Crippen LogP contribution is -2.11. The summed E-state index contributed by atoms with van der Waals surface area (Å²) in [4.78, 5) is 27.3. The van der Waals surface area contributed by atoms with Crippen LogP contribution in [-0.2, 0) is 6.42 Å². The molecule has 2 aromatic carbocycles. The molecule has 0 aliphatic carbocycles. The topological polar surface area (TPSA) is 70.2 Å². The SMILES string of the molecule is O=C(O)c1cccc(Sc2ccc(Cc3ccc[nH]c3=O)cc2)c1. The maximum Gasteiger partial charge on any atom is 0.335 e. The molecule has 2 N–H and O–H groups in total. The van der Waals surface area contributed by atoms with Crippen LogP contribution >= 0.6 is 11.8 Å². The Kier molecular flexibility index (Phi) is 4.82. The molecule has 0 amide bonds. The van der Waals surface area contributed by atoms with E-state index in [1.165, 1.54) is 11.8 Å². The van der Waals surface area contributed by atoms with Gasteiger partial charge < -0.3 is 10.1 Å². The average Bonchev–Trinajstić information content (AvgIpc) is 2.59. The zero-order valence-electron chi connectivity index (χ0n) is 12.7. The molecule has 0 aliphatic rings. The van der Waals surface area contributed by atoms with Crippen LogP contribution in [0.2, 0.25) is 0 Å². The summed E-state index contributed by atoms with van der Waals surface area (Å²) in [6.45, 7) is 0. The van der Waals surface area contributed by atoms with E-state index in [4.69, 9.17) is 5.11 Å². The molecule has 4 nitrogen and oxygen atoms in total. The predicted octanol–water partition coefficient (Wildman–Crippen LogP) is 3.82. The van der Waals surface area contributed by atoms with E-state index in [0.29, 0.717) is 6.42 Å². The van der Waals surface area contributed by atoms with E-state index in [1.54, 1.807) is 24.4 Å². The van der Waals surface area contributed by atoms with Gasteiger partial charge in [-0.25, -0.2) is 4.79 Å². The van der Waals surface area contributed by atoms with Gasteiger partial charge in [-0.15, -0.1) is 0 Å². The Labute approximate surface area is 143 Å². The summed E-state index contributed by atoms with van der Waals surface area (Å²) in [5, 5.41) is 9.04. The molecule has 1 aromatic heterocycles. The largest absolute Gasteiger partial charge is 0.478 e. The zero-order chi connectivity index (χ0) is 16.9. The van der Waals surface area contributed by atoms with Crippen molar-refractivity contribution in [1.82, 2.24) is 4.98 Å². The number of nitrogens with one attached hydrogen (secondary N) is 1. The number of hydrogen-bond donors (Lipinski definition) is 2. The van der Waals surface area contributed by atoms with E-state index in [0.717, 1.165) is 20.9 Å². The number of H-pyrrole nitrogens is 1. The highest BCUT2D eigenvalue weighted by molar-refractivity contribution is 7.99. The molecule has 0 saturated heterocycles. The molecule has 0 unspecified atom stereocenters. The minimum atomic E-state index is -0.930. The summed E-state index contributed by atoms with van der Waals surface area (Å²) in [7, 11) is 0. The molecule has 3 rings (SSSR count). The third kappa shape index (κ3) is 3.94. The lowest BCUT2D eigenvalue weighted by molar-refractivity contribution is 0.0696. The molecule has 0 aliphatic heterocycles. The Morgan fingerprint density at radius 2 is 1.79 bits per heavy atom. The van der Waals surface area contributed by atoms with Gasteiger partial charge in [-0.2, -0.15) is 0 Å². The lowest BCUT2D eigenvalue weighted by atomic mass is 10.1. The molecule has 3 aromatic rings. The van der Waals surface area contributed by atoms with Crippen LogP contribution in [0.4, 0.5) is 0 Å². The maximum atomic E-state index is 11.7. The van der Waals surface area contributed by atoms with Crippen molar-refractivity contribution in [1.29, 1.82) is 0 Å². The summed E-state index contributed by atoms with van der Waals surface area (Å²) >= 11 is 1.51. The van der Waals surface area contributed by atoms with Crippen LogP contribution < -0.4 is 5.56 Å². The molecule has 0 atom stereocenters. The van der Waals surface area contributed by atoms with Gasteiger partial charge in [0.1, 0.15) is 0 Å². The first-order valence-electron chi connectivity index (χ1n) is 7.38. The Morgan fingerprint density at radius 3 is 2.50 bits per heavy atom. The van der Waals surface area contributed by atoms with Gasteiger partial charge in [0, 0.05) is 28.0 Å². The van der Waals surface area contributed by atoms with E-state index in [2.05, 4.69) is 4.98 Å². The molecule has 5 heteroatoms. The van der Waals surface area contributed by atoms with Crippen molar-refractivity contribution >= 4 is 17.7 Å². The van der Waals surface area contributed by atoms with Crippen LogP contribution in [0.3, 0.4) is 0 Å². The number of aromatic nitrogens is 1. The number of pyridine rings is 1. The minimum Gasteiger partial charge on any atom is -0.478 e. The normalized spacial score (nSPS) is 10.5. The van der Waals surface area contributed by atoms with Crippen LogP contribution in [0.15, 0.2) is 81.4 Å². The second-order valence-electron chi connectivity index (χ2n) is 5.28. The van der Waals surface area contributed by atoms with Crippen molar-refractivity contribution in [3.8, 4) is 0 Å². The van der Waals surface area contributed by atoms with Crippen molar-refractivity contribution in [3.63, 3.8) is 0 Å². The maximum absolute atomic E-state index is 11.7. The van der Waals surface area contributed by atoms with Gasteiger partial charge in [0.2, 0.25) is 0 Å². The van der Waals surface area contributed by atoms with Gasteiger partial charge in [-0.05, 0) is 42.0 Å². The lowest BCUT2D eigenvalue weighted by Gasteiger charge is -2.05. The van der Waals surface area contributed by atoms with Crippen LogP contribution in [0.25, 0.3) is 0 Å². The second-order valence-corrected chi connectivity index (χ2v) is 6.43. The summed E-state index contributed by atoms with van der Waals surface area (Å²) in [5.41, 5.74) is 1.99. The summed E-state index contributed by atoms with van der Waals surface area (Å²) in [6.07, 6.45) is 2.20. The highest BCUT2D eigenvalue weighted by atomic mass is 32.2. The first-order valence-corrected chi connectivity index (χ1v) is 8.20. The van der Waals surface area contributed by atoms with Crippen LogP contribution in [0.1, 0.15) is 21.5 Å². The number of aromatic amines is 1. The molecule has 0 spiro atoms. The average molecular weight is 337 g/mol. The van der Waals surface area contributed by atoms with Gasteiger partial charge in [0.05, 0.1) is 5.56 Å². The van der Waals surface area contributed by atoms with E-state index < -0.39 is 5.97 Å². The van der Waals surface area contributed by atoms with E-state index >= 15 is 0 Å². The molecular weight excluding hydrogens is 322 g/mol. The summed E-state index contributed by atoms with van der Waals surface area (Å²) in [6, 6.07) is 18.4. The monoisotopic (exact) mass is 337 g/mol. The number of aromatic carboxylic acids is 1. The van der Waals surface area contributed by atoms with E-state index in [9.17, 15) is 9.59 Å². The minimum absolute atomic E-state index is 0.0681. The van der Waals surface area contributed by atoms with Crippen molar-refractivity contribution in [3.05, 3.63) is 93.9 Å². The summed E-state index contributed by atoms with van der Waals surface area (Å²) in [5.74, 6) is -0.930. The Morgan fingerprint density at radius 1 is 1.00 bits per heavy atom. The smallest absolute Gasteiger partial charge is 0.335 e. The number of carboxylic acids is 1. The zero-order valence-corrected chi connectivity index (χ0v) is 13.5. The fraction of sp³-hybridized carbons (Fsp3) is 0.0526. The fourth-order valence-electron chi connectivity index (χ4n) is 2.32. The highest BCUT2D eigenvalue weighted by Gasteiger charge is 2.05. The van der Waals surface area contributed by atoms with Gasteiger partial charge in [0.25, 0.3) is 5.56 Å². The van der Waals surface area contributed by atoms with Gasteiger partial charge >= 0.3 is 5.97 Å². The van der Waals surface area contributed by atoms with Crippen molar-refractivity contribution in [2.24, 2.45) is 0 Å². The van der Waals surface area contributed by atoms with Gasteiger partial charge in [0.15, 0.2) is 0 Å². The highest BCUT2D eigenvalue weighted by Crippen LogP contribution is 2.28. The van der Waals surface area contributed by atoms with Crippen molar-refractivity contribution in [2.75, 3.05) is 0 Å². The third-order valence-corrected chi connectivity index (χ3v) is 4.53. The predicted molar refractivity (Wildman–Crippen MR) is 93.8 cm³/mol. The first kappa shape index (κ1) is 16.1. The molecule has 120 valence electrons. The first-order chi connectivity index (χ1) is 11.6. The van der Waals surface area contributed by atoms with Crippen LogP contribution in [0.5, 0.6) is 0 Å². The number of carbonyl (C=O) groups is 1. The standard InChI is InChI=1S/C19H15NO3S/c21-18-14(4-2-10-20-18)11-13-6-8-16(9-7-13)24-17-5-1-3-15(12-17)19(22)23/h1-10,12H,11H2,(H,20,21)(H,22,23). The van der Waals surface area contributed by atoms with E-state index in [-0.39, 0.29) is 11.1 Å². The molecule has 0 saturated carbocycles. The fourth-order valence-corrected chi connectivity index (χ4v) is 3.20. The number of carboxylic acid groups (broad SMARTS) is 1. The molecule has 1 heterocycles. The molecule has 0 bridgehead atoms. The van der Waals surface area contributed by atoms with Crippen LogP contribution in [0, 0.1) is 0 Å². The Bertz CT molecular complexity index is 916.